The summed E-state index contributed by atoms with van der Waals surface area (Å²) in [7, 11) is 0. The Bertz CT molecular complexity index is 676. The monoisotopic (exact) mass is 296 g/mol. The second kappa shape index (κ2) is 6.56. The van der Waals surface area contributed by atoms with Gasteiger partial charge in [0, 0.05) is 0 Å². The highest BCUT2D eigenvalue weighted by Crippen LogP contribution is 2.36. The molecule has 0 radical (unpaired) electrons. The van der Waals surface area contributed by atoms with Gasteiger partial charge in [-0.05, 0) is 37.1 Å². The summed E-state index contributed by atoms with van der Waals surface area (Å²) in [5.41, 5.74) is 3.54. The first-order chi connectivity index (χ1) is 10.8. The van der Waals surface area contributed by atoms with Crippen molar-refractivity contribution in [3.63, 3.8) is 0 Å². The van der Waals surface area contributed by atoms with E-state index in [2.05, 4.69) is 43.3 Å². The summed E-state index contributed by atoms with van der Waals surface area (Å²) in [6, 6.07) is 16.6. The molecule has 0 aromatic heterocycles. The zero-order valence-corrected chi connectivity index (χ0v) is 12.9. The molecular weight excluding hydrogens is 276 g/mol. The Balaban J connectivity index is 2.03. The molecule has 0 amide bonds. The highest BCUT2D eigenvalue weighted by Gasteiger charge is 2.24. The SMILES string of the molecule is CCOc1cccc(C(C2=COCO2)c2cccc(C)c2)c1. The molecule has 22 heavy (non-hydrogen) atoms. The summed E-state index contributed by atoms with van der Waals surface area (Å²) in [4.78, 5) is 0. The smallest absolute Gasteiger partial charge is 0.229 e. The maximum Gasteiger partial charge on any atom is 0.229 e. The Hall–Kier alpha value is -2.42. The molecule has 1 atom stereocenters. The summed E-state index contributed by atoms with van der Waals surface area (Å²) in [5, 5.41) is 0. The molecule has 3 rings (SSSR count). The minimum atomic E-state index is 0.0165. The van der Waals surface area contributed by atoms with Crippen LogP contribution >= 0.6 is 0 Å². The largest absolute Gasteiger partial charge is 0.494 e. The van der Waals surface area contributed by atoms with Crippen molar-refractivity contribution in [1.82, 2.24) is 0 Å². The first-order valence-electron chi connectivity index (χ1n) is 7.51. The maximum atomic E-state index is 5.66. The van der Waals surface area contributed by atoms with Crippen molar-refractivity contribution in [3.8, 4) is 5.75 Å². The summed E-state index contributed by atoms with van der Waals surface area (Å²) in [6.45, 7) is 5.02. The van der Waals surface area contributed by atoms with Gasteiger partial charge in [-0.25, -0.2) is 0 Å². The van der Waals surface area contributed by atoms with E-state index < -0.39 is 0 Å². The molecule has 0 fully saturated rings. The minimum Gasteiger partial charge on any atom is -0.494 e. The average molecular weight is 296 g/mol. The van der Waals surface area contributed by atoms with Crippen LogP contribution in [0.2, 0.25) is 0 Å². The van der Waals surface area contributed by atoms with Gasteiger partial charge in [0.15, 0.2) is 0 Å². The molecule has 114 valence electrons. The van der Waals surface area contributed by atoms with Crippen LogP contribution in [0.5, 0.6) is 5.75 Å². The molecule has 2 aromatic rings. The van der Waals surface area contributed by atoms with Crippen LogP contribution in [0.15, 0.2) is 60.6 Å². The van der Waals surface area contributed by atoms with Crippen LogP contribution in [0.4, 0.5) is 0 Å². The van der Waals surface area contributed by atoms with E-state index in [4.69, 9.17) is 14.2 Å². The van der Waals surface area contributed by atoms with Gasteiger partial charge in [-0.15, -0.1) is 0 Å². The van der Waals surface area contributed by atoms with Crippen LogP contribution in [-0.2, 0) is 9.47 Å². The molecular formula is C19H20O3. The van der Waals surface area contributed by atoms with E-state index in [-0.39, 0.29) is 12.7 Å². The van der Waals surface area contributed by atoms with E-state index in [0.29, 0.717) is 6.61 Å². The van der Waals surface area contributed by atoms with Crippen molar-refractivity contribution in [1.29, 1.82) is 0 Å². The first kappa shape index (κ1) is 14.5. The van der Waals surface area contributed by atoms with Crippen LogP contribution in [0.1, 0.15) is 29.5 Å². The fraction of sp³-hybridized carbons (Fsp3) is 0.263. The Kier molecular flexibility index (Phi) is 4.33. The minimum absolute atomic E-state index is 0.0165. The van der Waals surface area contributed by atoms with Gasteiger partial charge < -0.3 is 14.2 Å². The van der Waals surface area contributed by atoms with E-state index in [1.807, 2.05) is 19.1 Å². The lowest BCUT2D eigenvalue weighted by molar-refractivity contribution is 0.0769. The van der Waals surface area contributed by atoms with E-state index >= 15 is 0 Å². The number of benzene rings is 2. The normalized spacial score (nSPS) is 14.7. The van der Waals surface area contributed by atoms with Crippen molar-refractivity contribution < 1.29 is 14.2 Å². The topological polar surface area (TPSA) is 27.7 Å². The van der Waals surface area contributed by atoms with E-state index in [9.17, 15) is 0 Å². The van der Waals surface area contributed by atoms with Crippen LogP contribution < -0.4 is 4.74 Å². The van der Waals surface area contributed by atoms with Crippen LogP contribution in [0, 0.1) is 6.92 Å². The Morgan fingerprint density at radius 3 is 2.55 bits per heavy atom. The number of hydrogen-bond acceptors (Lipinski definition) is 3. The fourth-order valence-electron chi connectivity index (χ4n) is 2.72. The van der Waals surface area contributed by atoms with Gasteiger partial charge in [-0.2, -0.15) is 0 Å². The summed E-state index contributed by atoms with van der Waals surface area (Å²) < 4.78 is 16.6. The third kappa shape index (κ3) is 3.08. The molecule has 1 aliphatic heterocycles. The quantitative estimate of drug-likeness (QED) is 0.820. The highest BCUT2D eigenvalue weighted by atomic mass is 16.7. The van der Waals surface area contributed by atoms with Gasteiger partial charge in [0.25, 0.3) is 0 Å². The lowest BCUT2D eigenvalue weighted by Crippen LogP contribution is -2.06. The predicted octanol–water partition coefficient (Wildman–Crippen LogP) is 4.37. The molecule has 1 heterocycles. The van der Waals surface area contributed by atoms with Crippen molar-refractivity contribution >= 4 is 0 Å². The first-order valence-corrected chi connectivity index (χ1v) is 7.51. The zero-order valence-electron chi connectivity index (χ0n) is 12.9. The summed E-state index contributed by atoms with van der Waals surface area (Å²) in [5.74, 6) is 1.72. The summed E-state index contributed by atoms with van der Waals surface area (Å²) >= 11 is 0. The fourth-order valence-corrected chi connectivity index (χ4v) is 2.72. The standard InChI is InChI=1S/C19H20O3/c1-3-21-17-9-5-8-16(11-17)19(18-12-20-13-22-18)15-7-4-6-14(2)10-15/h4-12,19H,3,13H2,1-2H3. The van der Waals surface area contributed by atoms with E-state index in [1.165, 1.54) is 11.1 Å². The molecule has 1 aliphatic rings. The van der Waals surface area contributed by atoms with Gasteiger partial charge in [0.05, 0.1) is 12.5 Å². The molecule has 0 aliphatic carbocycles. The third-order valence-electron chi connectivity index (χ3n) is 3.66. The predicted molar refractivity (Wildman–Crippen MR) is 85.8 cm³/mol. The lowest BCUT2D eigenvalue weighted by atomic mass is 9.89. The molecule has 2 aromatic carbocycles. The van der Waals surface area contributed by atoms with Gasteiger partial charge in [0.2, 0.25) is 6.79 Å². The molecule has 0 spiro atoms. The second-order valence-corrected chi connectivity index (χ2v) is 5.30. The summed E-state index contributed by atoms with van der Waals surface area (Å²) in [6.07, 6.45) is 1.71. The molecule has 0 saturated heterocycles. The van der Waals surface area contributed by atoms with Gasteiger partial charge in [-0.3, -0.25) is 0 Å². The van der Waals surface area contributed by atoms with Crippen LogP contribution in [0.3, 0.4) is 0 Å². The maximum absolute atomic E-state index is 5.66. The molecule has 0 bridgehead atoms. The number of rotatable bonds is 5. The third-order valence-corrected chi connectivity index (χ3v) is 3.66. The van der Waals surface area contributed by atoms with E-state index in [1.54, 1.807) is 6.26 Å². The lowest BCUT2D eigenvalue weighted by Gasteiger charge is -2.19. The number of hydrogen-bond donors (Lipinski definition) is 0. The van der Waals surface area contributed by atoms with Crippen molar-refractivity contribution in [2.75, 3.05) is 13.4 Å². The highest BCUT2D eigenvalue weighted by molar-refractivity contribution is 5.43. The van der Waals surface area contributed by atoms with Crippen LogP contribution in [0.25, 0.3) is 0 Å². The number of aryl methyl sites for hydroxylation is 1. The Morgan fingerprint density at radius 1 is 1.09 bits per heavy atom. The van der Waals surface area contributed by atoms with E-state index in [0.717, 1.165) is 17.1 Å². The van der Waals surface area contributed by atoms with Gasteiger partial charge in [0.1, 0.15) is 17.8 Å². The zero-order chi connectivity index (χ0) is 15.4. The molecule has 1 unspecified atom stereocenters. The van der Waals surface area contributed by atoms with Crippen molar-refractivity contribution in [2.45, 2.75) is 19.8 Å². The van der Waals surface area contributed by atoms with Crippen molar-refractivity contribution in [2.24, 2.45) is 0 Å². The molecule has 3 nitrogen and oxygen atoms in total. The Morgan fingerprint density at radius 2 is 1.86 bits per heavy atom. The number of ether oxygens (including phenoxy) is 3. The average Bonchev–Trinajstić information content (AvgIpc) is 3.02. The van der Waals surface area contributed by atoms with Gasteiger partial charge >= 0.3 is 0 Å². The molecule has 3 heteroatoms. The number of allylic oxidation sites excluding steroid dienone is 1. The van der Waals surface area contributed by atoms with Crippen molar-refractivity contribution in [3.05, 3.63) is 77.2 Å². The van der Waals surface area contributed by atoms with Crippen LogP contribution in [-0.4, -0.2) is 13.4 Å². The second-order valence-electron chi connectivity index (χ2n) is 5.30. The van der Waals surface area contributed by atoms with Gasteiger partial charge in [-0.1, -0.05) is 42.0 Å². The molecule has 0 N–H and O–H groups in total. The Labute approximate surface area is 131 Å². The molecule has 0 saturated carbocycles.